The van der Waals surface area contributed by atoms with Gasteiger partial charge >= 0.3 is 0 Å². The minimum atomic E-state index is 0.524. The first-order valence-corrected chi connectivity index (χ1v) is 5.14. The van der Waals surface area contributed by atoms with E-state index in [1.165, 1.54) is 29.5 Å². The molecule has 0 unspecified atom stereocenters. The van der Waals surface area contributed by atoms with Crippen molar-refractivity contribution in [3.8, 4) is 0 Å². The van der Waals surface area contributed by atoms with Crippen LogP contribution in [0.4, 0.5) is 0 Å². The summed E-state index contributed by atoms with van der Waals surface area (Å²) in [5, 5.41) is 0.524. The summed E-state index contributed by atoms with van der Waals surface area (Å²) in [6.07, 6.45) is 13.1. The average Bonchev–Trinajstić information content (AvgIpc) is 2.33. The molecule has 0 bridgehead atoms. The highest BCUT2D eigenvalue weighted by Gasteiger charge is 2.17. The predicted molar refractivity (Wildman–Crippen MR) is 50.4 cm³/mol. The molecule has 0 fully saturated rings. The number of unbranched alkanes of at least 4 members (excludes halogenated alkanes) is 1. The van der Waals surface area contributed by atoms with Gasteiger partial charge in [0.05, 0.1) is 0 Å². The SMILES string of the molecule is CCCCC1([SiH3])C=CC=C1. The van der Waals surface area contributed by atoms with Gasteiger partial charge in [0.1, 0.15) is 0 Å². The summed E-state index contributed by atoms with van der Waals surface area (Å²) in [7, 11) is 1.27. The second-order valence-electron chi connectivity index (χ2n) is 3.33. The van der Waals surface area contributed by atoms with Gasteiger partial charge in [-0.3, -0.25) is 0 Å². The van der Waals surface area contributed by atoms with Gasteiger partial charge < -0.3 is 0 Å². The molecule has 1 aliphatic rings. The normalized spacial score (nSPS) is 20.5. The topological polar surface area (TPSA) is 0 Å². The molecule has 0 spiro atoms. The van der Waals surface area contributed by atoms with Crippen LogP contribution >= 0.6 is 0 Å². The van der Waals surface area contributed by atoms with Gasteiger partial charge in [-0.15, -0.1) is 0 Å². The summed E-state index contributed by atoms with van der Waals surface area (Å²) < 4.78 is 0. The van der Waals surface area contributed by atoms with Crippen molar-refractivity contribution in [3.63, 3.8) is 0 Å². The minimum absolute atomic E-state index is 0.524. The van der Waals surface area contributed by atoms with Crippen molar-refractivity contribution < 1.29 is 0 Å². The Morgan fingerprint density at radius 2 is 1.90 bits per heavy atom. The van der Waals surface area contributed by atoms with Crippen LogP contribution in [0, 0.1) is 0 Å². The van der Waals surface area contributed by atoms with Crippen LogP contribution in [0.25, 0.3) is 0 Å². The van der Waals surface area contributed by atoms with Crippen molar-refractivity contribution in [1.29, 1.82) is 0 Å². The number of hydrogen-bond acceptors (Lipinski definition) is 0. The Morgan fingerprint density at radius 1 is 1.30 bits per heavy atom. The maximum Gasteiger partial charge on any atom is 0.0202 e. The molecule has 1 aliphatic carbocycles. The quantitative estimate of drug-likeness (QED) is 0.541. The van der Waals surface area contributed by atoms with Crippen molar-refractivity contribution in [3.05, 3.63) is 24.3 Å². The molecule has 0 atom stereocenters. The Morgan fingerprint density at radius 3 is 2.40 bits per heavy atom. The third-order valence-corrected chi connectivity index (χ3v) is 3.30. The van der Waals surface area contributed by atoms with E-state index >= 15 is 0 Å². The lowest BCUT2D eigenvalue weighted by atomic mass is 10.0. The molecule has 10 heavy (non-hydrogen) atoms. The molecule has 1 heteroatoms. The second kappa shape index (κ2) is 3.20. The highest BCUT2D eigenvalue weighted by Crippen LogP contribution is 2.35. The van der Waals surface area contributed by atoms with Gasteiger partial charge in [0, 0.05) is 10.2 Å². The predicted octanol–water partition coefficient (Wildman–Crippen LogP) is 1.83. The smallest absolute Gasteiger partial charge is 0.0202 e. The van der Waals surface area contributed by atoms with E-state index in [0.29, 0.717) is 5.04 Å². The molecule has 0 aromatic carbocycles. The van der Waals surface area contributed by atoms with Gasteiger partial charge in [-0.2, -0.15) is 0 Å². The Kier molecular flexibility index (Phi) is 2.49. The van der Waals surface area contributed by atoms with Gasteiger partial charge in [0.25, 0.3) is 0 Å². The zero-order valence-corrected chi connectivity index (χ0v) is 8.93. The Balaban J connectivity index is 2.38. The molecular formula is C9H16Si. The Labute approximate surface area is 66.4 Å². The molecule has 0 saturated heterocycles. The second-order valence-corrected chi connectivity index (χ2v) is 5.19. The van der Waals surface area contributed by atoms with Crippen molar-refractivity contribution in [2.45, 2.75) is 31.2 Å². The van der Waals surface area contributed by atoms with E-state index in [9.17, 15) is 0 Å². The highest BCUT2D eigenvalue weighted by atomic mass is 28.1. The maximum absolute atomic E-state index is 2.36. The Hall–Kier alpha value is -0.303. The summed E-state index contributed by atoms with van der Waals surface area (Å²) >= 11 is 0. The molecule has 56 valence electrons. The van der Waals surface area contributed by atoms with Crippen LogP contribution < -0.4 is 0 Å². The van der Waals surface area contributed by atoms with E-state index in [2.05, 4.69) is 31.2 Å². The van der Waals surface area contributed by atoms with E-state index in [0.717, 1.165) is 0 Å². The largest absolute Gasteiger partial charge is 0.0783 e. The number of allylic oxidation sites excluding steroid dienone is 4. The molecule has 0 heterocycles. The molecule has 0 aromatic rings. The summed E-state index contributed by atoms with van der Waals surface area (Å²) in [5.74, 6) is 0. The van der Waals surface area contributed by atoms with Gasteiger partial charge in [0.15, 0.2) is 0 Å². The van der Waals surface area contributed by atoms with Crippen LogP contribution in [0.5, 0.6) is 0 Å². The lowest BCUT2D eigenvalue weighted by molar-refractivity contribution is 0.662. The first-order chi connectivity index (χ1) is 4.77. The third-order valence-electron chi connectivity index (χ3n) is 2.13. The van der Waals surface area contributed by atoms with Crippen LogP contribution in [-0.4, -0.2) is 10.2 Å². The van der Waals surface area contributed by atoms with Gasteiger partial charge in [-0.05, 0) is 11.5 Å². The van der Waals surface area contributed by atoms with Crippen LogP contribution in [0.15, 0.2) is 24.3 Å². The minimum Gasteiger partial charge on any atom is -0.0783 e. The lowest BCUT2D eigenvalue weighted by Crippen LogP contribution is -2.03. The highest BCUT2D eigenvalue weighted by molar-refractivity contribution is 6.18. The molecule has 0 nitrogen and oxygen atoms in total. The molecule has 0 saturated carbocycles. The third kappa shape index (κ3) is 1.84. The van der Waals surface area contributed by atoms with Gasteiger partial charge in [-0.25, -0.2) is 0 Å². The monoisotopic (exact) mass is 152 g/mol. The molecule has 0 N–H and O–H groups in total. The van der Waals surface area contributed by atoms with Crippen LogP contribution in [0.1, 0.15) is 26.2 Å². The summed E-state index contributed by atoms with van der Waals surface area (Å²) in [5.41, 5.74) is 0. The molecule has 0 aromatic heterocycles. The lowest BCUT2D eigenvalue weighted by Gasteiger charge is -2.17. The number of hydrogen-bond donors (Lipinski definition) is 0. The van der Waals surface area contributed by atoms with Crippen LogP contribution in [0.2, 0.25) is 5.04 Å². The molecule has 1 rings (SSSR count). The van der Waals surface area contributed by atoms with Crippen molar-refractivity contribution >= 4 is 10.2 Å². The zero-order chi connectivity index (χ0) is 7.45. The van der Waals surface area contributed by atoms with Crippen molar-refractivity contribution in [2.24, 2.45) is 0 Å². The van der Waals surface area contributed by atoms with Crippen LogP contribution in [-0.2, 0) is 0 Å². The summed E-state index contributed by atoms with van der Waals surface area (Å²) in [4.78, 5) is 0. The fraction of sp³-hybridized carbons (Fsp3) is 0.556. The van der Waals surface area contributed by atoms with Crippen LogP contribution in [0.3, 0.4) is 0 Å². The van der Waals surface area contributed by atoms with Crippen molar-refractivity contribution in [2.75, 3.05) is 0 Å². The first kappa shape index (κ1) is 7.80. The summed E-state index contributed by atoms with van der Waals surface area (Å²) in [6, 6.07) is 0. The fourth-order valence-corrected chi connectivity index (χ4v) is 2.07. The molecule has 0 radical (unpaired) electrons. The molecule has 0 amide bonds. The van der Waals surface area contributed by atoms with E-state index < -0.39 is 0 Å². The van der Waals surface area contributed by atoms with Crippen molar-refractivity contribution in [1.82, 2.24) is 0 Å². The van der Waals surface area contributed by atoms with E-state index in [1.807, 2.05) is 0 Å². The van der Waals surface area contributed by atoms with Gasteiger partial charge in [-0.1, -0.05) is 44.1 Å². The standard InChI is InChI=1S/C9H16Si/c1-2-3-6-9(10)7-4-5-8-9/h4-5,7-8H,2-3,6H2,1,10H3. The zero-order valence-electron chi connectivity index (χ0n) is 6.93. The van der Waals surface area contributed by atoms with Gasteiger partial charge in [0.2, 0.25) is 0 Å². The Bertz CT molecular complexity index is 144. The fourth-order valence-electron chi connectivity index (χ4n) is 1.33. The maximum atomic E-state index is 2.36. The first-order valence-electron chi connectivity index (χ1n) is 4.14. The average molecular weight is 152 g/mol. The van der Waals surface area contributed by atoms with E-state index in [4.69, 9.17) is 0 Å². The van der Waals surface area contributed by atoms with E-state index in [1.54, 1.807) is 0 Å². The number of rotatable bonds is 3. The van der Waals surface area contributed by atoms with E-state index in [-0.39, 0.29) is 0 Å². The molecule has 0 aliphatic heterocycles. The summed E-state index contributed by atoms with van der Waals surface area (Å²) in [6.45, 7) is 2.26. The molecular weight excluding hydrogens is 136 g/mol.